The summed E-state index contributed by atoms with van der Waals surface area (Å²) >= 11 is 0. The molecule has 0 fully saturated rings. The second-order valence-electron chi connectivity index (χ2n) is 5.26. The van der Waals surface area contributed by atoms with Crippen molar-refractivity contribution in [2.75, 3.05) is 25.1 Å². The number of hydrogen-bond acceptors (Lipinski definition) is 3. The number of methoxy groups -OCH3 is 1. The first-order valence-corrected chi connectivity index (χ1v) is 7.35. The summed E-state index contributed by atoms with van der Waals surface area (Å²) in [5, 5.41) is 0. The van der Waals surface area contributed by atoms with Gasteiger partial charge >= 0.3 is 0 Å². The number of aryl methyl sites for hydroxylation is 1. The van der Waals surface area contributed by atoms with E-state index in [1.165, 1.54) is 11.3 Å². The molecule has 1 unspecified atom stereocenters. The van der Waals surface area contributed by atoms with E-state index in [4.69, 9.17) is 10.5 Å². The average molecular weight is 284 g/mol. The zero-order valence-electron chi connectivity index (χ0n) is 13.0. The van der Waals surface area contributed by atoms with Crippen LogP contribution in [0, 0.1) is 6.92 Å². The van der Waals surface area contributed by atoms with Crippen molar-refractivity contribution in [2.24, 2.45) is 5.73 Å². The fourth-order valence-corrected chi connectivity index (χ4v) is 2.46. The molecule has 112 valence electrons. The molecule has 0 aliphatic rings. The molecule has 0 saturated heterocycles. The van der Waals surface area contributed by atoms with Crippen LogP contribution in [0.2, 0.25) is 0 Å². The van der Waals surface area contributed by atoms with Gasteiger partial charge in [0.2, 0.25) is 0 Å². The monoisotopic (exact) mass is 284 g/mol. The Balaban J connectivity index is 2.14. The molecule has 0 saturated carbocycles. The summed E-state index contributed by atoms with van der Waals surface area (Å²) in [4.78, 5) is 2.30. The summed E-state index contributed by atoms with van der Waals surface area (Å²) in [7, 11) is 1.68. The Bertz CT molecular complexity index is 583. The Morgan fingerprint density at radius 1 is 1.14 bits per heavy atom. The summed E-state index contributed by atoms with van der Waals surface area (Å²) in [5.41, 5.74) is 9.95. The van der Waals surface area contributed by atoms with Gasteiger partial charge in [0.05, 0.1) is 7.11 Å². The van der Waals surface area contributed by atoms with Crippen LogP contribution in [0.5, 0.6) is 5.75 Å². The fraction of sp³-hybridized carbons (Fsp3) is 0.333. The highest BCUT2D eigenvalue weighted by Crippen LogP contribution is 2.22. The van der Waals surface area contributed by atoms with Gasteiger partial charge in [-0.3, -0.25) is 0 Å². The molecule has 0 radical (unpaired) electrons. The maximum Gasteiger partial charge on any atom is 0.119 e. The molecule has 0 aliphatic carbocycles. The lowest BCUT2D eigenvalue weighted by molar-refractivity contribution is 0.414. The number of nitrogens with two attached hydrogens (primary N) is 1. The van der Waals surface area contributed by atoms with Crippen molar-refractivity contribution in [3.63, 3.8) is 0 Å². The molecular formula is C18H24N2O. The average Bonchev–Trinajstić information content (AvgIpc) is 2.52. The van der Waals surface area contributed by atoms with Crippen LogP contribution in [0.15, 0.2) is 48.5 Å². The second kappa shape index (κ2) is 7.14. The molecule has 3 heteroatoms. The number of nitrogens with zero attached hydrogens (tertiary/aromatic N) is 1. The first kappa shape index (κ1) is 15.4. The Morgan fingerprint density at radius 3 is 2.57 bits per heavy atom. The Hall–Kier alpha value is -2.00. The summed E-state index contributed by atoms with van der Waals surface area (Å²) in [6, 6.07) is 16.5. The van der Waals surface area contributed by atoms with Gasteiger partial charge in [-0.1, -0.05) is 24.3 Å². The Labute approximate surface area is 127 Å². The van der Waals surface area contributed by atoms with Crippen LogP contribution in [0.25, 0.3) is 0 Å². The minimum absolute atomic E-state index is 0.0411. The largest absolute Gasteiger partial charge is 0.497 e. The molecule has 2 N–H and O–H groups in total. The zero-order valence-corrected chi connectivity index (χ0v) is 13.0. The van der Waals surface area contributed by atoms with Crippen molar-refractivity contribution in [2.45, 2.75) is 19.9 Å². The van der Waals surface area contributed by atoms with E-state index >= 15 is 0 Å². The van der Waals surface area contributed by atoms with Gasteiger partial charge < -0.3 is 15.4 Å². The van der Waals surface area contributed by atoms with Gasteiger partial charge in [0.25, 0.3) is 0 Å². The third-order valence-electron chi connectivity index (χ3n) is 3.69. The SMILES string of the molecule is CCN(CC(N)c1cccc(OC)c1)c1cccc(C)c1. The predicted octanol–water partition coefficient (Wildman–Crippen LogP) is 3.53. The van der Waals surface area contributed by atoms with Crippen molar-refractivity contribution >= 4 is 5.69 Å². The molecule has 0 heterocycles. The summed E-state index contributed by atoms with van der Waals surface area (Å²) in [5.74, 6) is 0.849. The van der Waals surface area contributed by atoms with Crippen LogP contribution in [0.1, 0.15) is 24.1 Å². The van der Waals surface area contributed by atoms with Gasteiger partial charge in [-0.05, 0) is 49.2 Å². The van der Waals surface area contributed by atoms with Gasteiger partial charge in [0.1, 0.15) is 5.75 Å². The quantitative estimate of drug-likeness (QED) is 0.882. The first-order valence-electron chi connectivity index (χ1n) is 7.35. The molecule has 0 amide bonds. The third kappa shape index (κ3) is 3.99. The number of rotatable bonds is 6. The van der Waals surface area contributed by atoms with Gasteiger partial charge in [-0.15, -0.1) is 0 Å². The molecular weight excluding hydrogens is 260 g/mol. The lowest BCUT2D eigenvalue weighted by Gasteiger charge is -2.27. The number of hydrogen-bond donors (Lipinski definition) is 1. The van der Waals surface area contributed by atoms with E-state index < -0.39 is 0 Å². The molecule has 1 atom stereocenters. The van der Waals surface area contributed by atoms with Crippen LogP contribution < -0.4 is 15.4 Å². The highest BCUT2D eigenvalue weighted by atomic mass is 16.5. The van der Waals surface area contributed by atoms with E-state index in [1.807, 2.05) is 18.2 Å². The Morgan fingerprint density at radius 2 is 1.90 bits per heavy atom. The molecule has 3 nitrogen and oxygen atoms in total. The summed E-state index contributed by atoms with van der Waals surface area (Å²) in [6.45, 7) is 5.98. The fourth-order valence-electron chi connectivity index (χ4n) is 2.46. The summed E-state index contributed by atoms with van der Waals surface area (Å²) < 4.78 is 5.27. The van der Waals surface area contributed by atoms with Crippen LogP contribution in [0.4, 0.5) is 5.69 Å². The van der Waals surface area contributed by atoms with E-state index in [0.29, 0.717) is 0 Å². The Kier molecular flexibility index (Phi) is 5.23. The predicted molar refractivity (Wildman–Crippen MR) is 89.0 cm³/mol. The van der Waals surface area contributed by atoms with Crippen molar-refractivity contribution in [3.05, 3.63) is 59.7 Å². The second-order valence-corrected chi connectivity index (χ2v) is 5.26. The number of likely N-dealkylation sites (N-methyl/N-ethyl adjacent to an activating group) is 1. The zero-order chi connectivity index (χ0) is 15.2. The van der Waals surface area contributed by atoms with E-state index in [2.05, 4.69) is 49.1 Å². The maximum absolute atomic E-state index is 6.37. The highest BCUT2D eigenvalue weighted by Gasteiger charge is 2.12. The normalized spacial score (nSPS) is 12.0. The molecule has 0 aliphatic heterocycles. The smallest absolute Gasteiger partial charge is 0.119 e. The van der Waals surface area contributed by atoms with E-state index in [0.717, 1.165) is 24.4 Å². The molecule has 21 heavy (non-hydrogen) atoms. The van der Waals surface area contributed by atoms with Crippen molar-refractivity contribution in [1.29, 1.82) is 0 Å². The van der Waals surface area contributed by atoms with Crippen molar-refractivity contribution < 1.29 is 4.74 Å². The molecule has 0 aromatic heterocycles. The minimum Gasteiger partial charge on any atom is -0.497 e. The van der Waals surface area contributed by atoms with Gasteiger partial charge in [0.15, 0.2) is 0 Å². The standard InChI is InChI=1S/C18H24N2O/c1-4-20(16-9-5-7-14(2)11-16)13-18(19)15-8-6-10-17(12-15)21-3/h5-12,18H,4,13,19H2,1-3H3. The molecule has 2 aromatic carbocycles. The van der Waals surface area contributed by atoms with Crippen LogP contribution in [-0.2, 0) is 0 Å². The van der Waals surface area contributed by atoms with Crippen LogP contribution >= 0.6 is 0 Å². The van der Waals surface area contributed by atoms with Crippen molar-refractivity contribution in [1.82, 2.24) is 0 Å². The number of ether oxygens (including phenoxy) is 1. The lowest BCUT2D eigenvalue weighted by atomic mass is 10.1. The van der Waals surface area contributed by atoms with E-state index in [9.17, 15) is 0 Å². The molecule has 2 rings (SSSR count). The van der Waals surface area contributed by atoms with Gasteiger partial charge in [0, 0.05) is 24.8 Å². The minimum atomic E-state index is -0.0411. The van der Waals surface area contributed by atoms with Gasteiger partial charge in [-0.2, -0.15) is 0 Å². The van der Waals surface area contributed by atoms with Crippen LogP contribution in [0.3, 0.4) is 0 Å². The maximum atomic E-state index is 6.37. The van der Waals surface area contributed by atoms with Gasteiger partial charge in [-0.25, -0.2) is 0 Å². The lowest BCUT2D eigenvalue weighted by Crippen LogP contribution is -2.32. The molecule has 0 bridgehead atoms. The highest BCUT2D eigenvalue weighted by molar-refractivity contribution is 5.48. The first-order chi connectivity index (χ1) is 10.1. The molecule has 0 spiro atoms. The summed E-state index contributed by atoms with van der Waals surface area (Å²) in [6.07, 6.45) is 0. The number of benzene rings is 2. The third-order valence-corrected chi connectivity index (χ3v) is 3.69. The topological polar surface area (TPSA) is 38.5 Å². The van der Waals surface area contributed by atoms with E-state index in [1.54, 1.807) is 7.11 Å². The van der Waals surface area contributed by atoms with Crippen molar-refractivity contribution in [3.8, 4) is 5.75 Å². The van der Waals surface area contributed by atoms with E-state index in [-0.39, 0.29) is 6.04 Å². The van der Waals surface area contributed by atoms with Crippen LogP contribution in [-0.4, -0.2) is 20.2 Å². The molecule has 2 aromatic rings. The number of anilines is 1.